The molecular formula is C20H16O5. The van der Waals surface area contributed by atoms with E-state index in [4.69, 9.17) is 9.47 Å². The highest BCUT2D eigenvalue weighted by atomic mass is 16.7. The third kappa shape index (κ3) is 1.91. The van der Waals surface area contributed by atoms with Gasteiger partial charge >= 0.3 is 0 Å². The average Bonchev–Trinajstić information content (AvgIpc) is 2.99. The Morgan fingerprint density at radius 1 is 1.12 bits per heavy atom. The van der Waals surface area contributed by atoms with Crippen LogP contribution in [0.5, 0.6) is 5.75 Å². The molecule has 2 aliphatic carbocycles. The van der Waals surface area contributed by atoms with Crippen LogP contribution in [0.15, 0.2) is 41.5 Å². The van der Waals surface area contributed by atoms with Crippen molar-refractivity contribution in [1.29, 1.82) is 0 Å². The van der Waals surface area contributed by atoms with E-state index in [2.05, 4.69) is 0 Å². The maximum absolute atomic E-state index is 13.2. The second-order valence-corrected chi connectivity index (χ2v) is 6.76. The molecule has 1 N–H and O–H groups in total. The molecule has 5 nitrogen and oxygen atoms in total. The summed E-state index contributed by atoms with van der Waals surface area (Å²) < 4.78 is 11.5. The molecule has 5 rings (SSSR count). The molecule has 3 unspecified atom stereocenters. The lowest BCUT2D eigenvalue weighted by molar-refractivity contribution is -0.0474. The second-order valence-electron chi connectivity index (χ2n) is 6.76. The molecule has 126 valence electrons. The van der Waals surface area contributed by atoms with Crippen LogP contribution in [0.4, 0.5) is 0 Å². The normalized spacial score (nSPS) is 28.1. The fraction of sp³-hybridized carbons (Fsp3) is 0.300. The standard InChI is InChI=1S/C20H16O5/c1-9-24-14-7-6-12-16(20(14)25-9)19(23)13-8-10-4-2-3-5-11(10)17(21)15(13)18(12)22/h2-5,8-9,14,20-21H,6-7H2,1H3. The van der Waals surface area contributed by atoms with Gasteiger partial charge in [0, 0.05) is 22.1 Å². The fourth-order valence-corrected chi connectivity index (χ4v) is 4.25. The Morgan fingerprint density at radius 2 is 1.92 bits per heavy atom. The molecule has 0 spiro atoms. The fourth-order valence-electron chi connectivity index (χ4n) is 4.25. The minimum Gasteiger partial charge on any atom is -0.507 e. The summed E-state index contributed by atoms with van der Waals surface area (Å²) in [6.07, 6.45) is 0.00794. The Labute approximate surface area is 143 Å². The minimum atomic E-state index is -0.503. The molecule has 0 saturated carbocycles. The second kappa shape index (κ2) is 5.00. The van der Waals surface area contributed by atoms with Crippen LogP contribution in [-0.4, -0.2) is 35.2 Å². The number of allylic oxidation sites excluding steroid dienone is 1. The third-order valence-electron chi connectivity index (χ3n) is 5.34. The number of phenolic OH excluding ortho intramolecular Hbond substituents is 1. The summed E-state index contributed by atoms with van der Waals surface area (Å²) in [5.41, 5.74) is 1.24. The Hall–Kier alpha value is -2.50. The van der Waals surface area contributed by atoms with Gasteiger partial charge in [0.05, 0.1) is 11.7 Å². The van der Waals surface area contributed by atoms with E-state index in [9.17, 15) is 14.7 Å². The summed E-state index contributed by atoms with van der Waals surface area (Å²) in [5, 5.41) is 12.0. The summed E-state index contributed by atoms with van der Waals surface area (Å²) in [4.78, 5) is 26.2. The number of ketones is 2. The summed E-state index contributed by atoms with van der Waals surface area (Å²) in [6, 6.07) is 8.89. The maximum Gasteiger partial charge on any atom is 0.194 e. The van der Waals surface area contributed by atoms with Crippen molar-refractivity contribution in [3.05, 3.63) is 52.6 Å². The van der Waals surface area contributed by atoms with Gasteiger partial charge in [0.2, 0.25) is 0 Å². The first-order valence-corrected chi connectivity index (χ1v) is 8.44. The van der Waals surface area contributed by atoms with Crippen molar-refractivity contribution in [2.45, 2.75) is 38.3 Å². The largest absolute Gasteiger partial charge is 0.507 e. The number of ether oxygens (including phenoxy) is 2. The number of carbonyl (C=O) groups excluding carboxylic acids is 2. The van der Waals surface area contributed by atoms with E-state index in [0.29, 0.717) is 29.4 Å². The summed E-state index contributed by atoms with van der Waals surface area (Å²) in [5.74, 6) is -0.621. The van der Waals surface area contributed by atoms with Gasteiger partial charge in [-0.2, -0.15) is 0 Å². The Balaban J connectivity index is 1.75. The van der Waals surface area contributed by atoms with Crippen molar-refractivity contribution in [1.82, 2.24) is 0 Å². The average molecular weight is 336 g/mol. The highest BCUT2D eigenvalue weighted by Gasteiger charge is 2.47. The van der Waals surface area contributed by atoms with Crippen LogP contribution in [0.2, 0.25) is 0 Å². The molecule has 2 aromatic carbocycles. The summed E-state index contributed by atoms with van der Waals surface area (Å²) in [7, 11) is 0. The molecule has 3 aliphatic rings. The van der Waals surface area contributed by atoms with Crippen molar-refractivity contribution < 1.29 is 24.2 Å². The van der Waals surface area contributed by atoms with E-state index in [-0.39, 0.29) is 34.5 Å². The predicted octanol–water partition coefficient (Wildman–Crippen LogP) is 3.14. The number of rotatable bonds is 0. The first-order chi connectivity index (χ1) is 12.1. The topological polar surface area (TPSA) is 72.8 Å². The first kappa shape index (κ1) is 14.8. The van der Waals surface area contributed by atoms with E-state index in [1.807, 2.05) is 12.1 Å². The number of Topliss-reactive ketones (excluding diaryl/α,β-unsaturated/α-hetero) is 2. The van der Waals surface area contributed by atoms with Crippen molar-refractivity contribution in [2.24, 2.45) is 0 Å². The molecule has 0 radical (unpaired) electrons. The number of hydrogen-bond donors (Lipinski definition) is 1. The third-order valence-corrected chi connectivity index (χ3v) is 5.34. The van der Waals surface area contributed by atoms with Gasteiger partial charge in [0.1, 0.15) is 11.9 Å². The monoisotopic (exact) mass is 336 g/mol. The molecule has 1 fully saturated rings. The zero-order valence-corrected chi connectivity index (χ0v) is 13.6. The number of aromatic hydroxyl groups is 1. The molecule has 1 aliphatic heterocycles. The van der Waals surface area contributed by atoms with Gasteiger partial charge in [-0.25, -0.2) is 0 Å². The number of benzene rings is 2. The molecule has 5 heteroatoms. The Bertz CT molecular complexity index is 987. The molecular weight excluding hydrogens is 320 g/mol. The van der Waals surface area contributed by atoms with E-state index in [0.717, 1.165) is 5.39 Å². The van der Waals surface area contributed by atoms with Crippen molar-refractivity contribution in [3.8, 4) is 5.75 Å². The van der Waals surface area contributed by atoms with Crippen LogP contribution < -0.4 is 0 Å². The molecule has 0 bridgehead atoms. The zero-order valence-electron chi connectivity index (χ0n) is 13.6. The number of hydrogen-bond acceptors (Lipinski definition) is 5. The van der Waals surface area contributed by atoms with E-state index in [1.165, 1.54) is 0 Å². The van der Waals surface area contributed by atoms with E-state index >= 15 is 0 Å². The first-order valence-electron chi connectivity index (χ1n) is 8.44. The molecule has 2 aromatic rings. The molecule has 25 heavy (non-hydrogen) atoms. The van der Waals surface area contributed by atoms with Gasteiger partial charge in [-0.15, -0.1) is 0 Å². The van der Waals surface area contributed by atoms with Crippen LogP contribution in [0.1, 0.15) is 40.5 Å². The van der Waals surface area contributed by atoms with Crippen LogP contribution in [0.25, 0.3) is 10.8 Å². The number of fused-ring (bicyclic) bond motifs is 4. The van der Waals surface area contributed by atoms with Crippen LogP contribution in [0.3, 0.4) is 0 Å². The Morgan fingerprint density at radius 3 is 2.76 bits per heavy atom. The van der Waals surface area contributed by atoms with Crippen molar-refractivity contribution >= 4 is 22.3 Å². The van der Waals surface area contributed by atoms with E-state index in [1.54, 1.807) is 25.1 Å². The van der Waals surface area contributed by atoms with Crippen LogP contribution in [-0.2, 0) is 9.47 Å². The van der Waals surface area contributed by atoms with Gasteiger partial charge < -0.3 is 14.6 Å². The summed E-state index contributed by atoms with van der Waals surface area (Å²) >= 11 is 0. The lowest BCUT2D eigenvalue weighted by Crippen LogP contribution is -2.38. The molecule has 3 atom stereocenters. The smallest absolute Gasteiger partial charge is 0.194 e. The number of carbonyl (C=O) groups is 2. The van der Waals surface area contributed by atoms with Gasteiger partial charge in [-0.3, -0.25) is 9.59 Å². The zero-order chi connectivity index (χ0) is 17.3. The maximum atomic E-state index is 13.2. The van der Waals surface area contributed by atoms with Crippen LogP contribution >= 0.6 is 0 Å². The number of phenols is 1. The highest BCUT2D eigenvalue weighted by Crippen LogP contribution is 2.44. The molecule has 0 aromatic heterocycles. The quantitative estimate of drug-likeness (QED) is 0.800. The Kier molecular flexibility index (Phi) is 2.96. The molecule has 0 amide bonds. The van der Waals surface area contributed by atoms with Gasteiger partial charge in [0.15, 0.2) is 17.9 Å². The molecule has 1 saturated heterocycles. The van der Waals surface area contributed by atoms with Gasteiger partial charge in [-0.1, -0.05) is 24.3 Å². The van der Waals surface area contributed by atoms with Gasteiger partial charge in [-0.05, 0) is 31.2 Å². The highest BCUT2D eigenvalue weighted by molar-refractivity contribution is 6.30. The van der Waals surface area contributed by atoms with Crippen molar-refractivity contribution in [2.75, 3.05) is 0 Å². The van der Waals surface area contributed by atoms with Crippen molar-refractivity contribution in [3.63, 3.8) is 0 Å². The lowest BCUT2D eigenvalue weighted by atomic mass is 9.74. The lowest BCUT2D eigenvalue weighted by Gasteiger charge is -2.31. The molecule has 1 heterocycles. The van der Waals surface area contributed by atoms with E-state index < -0.39 is 12.4 Å². The SMILES string of the molecule is CC1OC2CCC3=C(C(=O)c4cc5ccccc5c(O)c4C3=O)C2O1. The minimum absolute atomic E-state index is 0.114. The van der Waals surface area contributed by atoms with Crippen LogP contribution in [0, 0.1) is 0 Å². The van der Waals surface area contributed by atoms with Gasteiger partial charge in [0.25, 0.3) is 0 Å². The summed E-state index contributed by atoms with van der Waals surface area (Å²) in [6.45, 7) is 1.79. The predicted molar refractivity (Wildman–Crippen MR) is 89.7 cm³/mol.